The Balaban J connectivity index is 0.859. The van der Waals surface area contributed by atoms with Gasteiger partial charge in [-0.1, -0.05) is 182 Å². The lowest BCUT2D eigenvalue weighted by atomic mass is 9.92. The third kappa shape index (κ3) is 6.15. The first-order valence-electron chi connectivity index (χ1n) is 23.1. The molecule has 0 aliphatic rings. The van der Waals surface area contributed by atoms with Crippen LogP contribution >= 0.6 is 0 Å². The van der Waals surface area contributed by atoms with Gasteiger partial charge in [0.25, 0.3) is 0 Å². The van der Waals surface area contributed by atoms with E-state index in [9.17, 15) is 0 Å². The molecular formula is C64H39N3O. The molecule has 0 saturated heterocycles. The largest absolute Gasteiger partial charge is 0.456 e. The molecule has 11 aromatic carbocycles. The van der Waals surface area contributed by atoms with Crippen molar-refractivity contribution in [2.24, 2.45) is 0 Å². The highest BCUT2D eigenvalue weighted by molar-refractivity contribution is 6.25. The van der Waals surface area contributed by atoms with Gasteiger partial charge in [-0.15, -0.1) is 0 Å². The lowest BCUT2D eigenvalue weighted by Crippen LogP contribution is -1.97. The maximum absolute atomic E-state index is 6.13. The second-order valence-corrected chi connectivity index (χ2v) is 17.7. The Morgan fingerprint density at radius 1 is 0.265 bits per heavy atom. The van der Waals surface area contributed by atoms with Gasteiger partial charge < -0.3 is 8.98 Å². The molecule has 0 spiro atoms. The number of para-hydroxylation sites is 3. The maximum Gasteiger partial charge on any atom is 0.160 e. The SMILES string of the molecule is c1ccc2c(c1)oc1ccc(-c3ccc(-c4cc(-c5ccc(-n6c7ccccc7c7ccccc76)cc5)nc(-c5ccc(-c6ccc7c8ccccc8c8ccccc8c7c6)cc5)n4)cc3)cc12. The van der Waals surface area contributed by atoms with E-state index in [1.54, 1.807) is 0 Å². The van der Waals surface area contributed by atoms with Crippen LogP contribution in [0.4, 0.5) is 0 Å². The molecule has 0 radical (unpaired) electrons. The second kappa shape index (κ2) is 15.2. The molecule has 0 unspecified atom stereocenters. The van der Waals surface area contributed by atoms with Crippen molar-refractivity contribution in [1.29, 1.82) is 0 Å². The molecule has 14 aromatic rings. The molecule has 316 valence electrons. The predicted octanol–water partition coefficient (Wildman–Crippen LogP) is 17.3. The van der Waals surface area contributed by atoms with Crippen LogP contribution in [-0.4, -0.2) is 14.5 Å². The number of nitrogens with zero attached hydrogens (tertiary/aromatic N) is 3. The number of furan rings is 1. The summed E-state index contributed by atoms with van der Waals surface area (Å²) in [6.45, 7) is 0. The molecule has 68 heavy (non-hydrogen) atoms. The molecule has 0 N–H and O–H groups in total. The lowest BCUT2D eigenvalue weighted by Gasteiger charge is -2.13. The van der Waals surface area contributed by atoms with Crippen molar-refractivity contribution in [2.45, 2.75) is 0 Å². The van der Waals surface area contributed by atoms with E-state index in [0.29, 0.717) is 5.82 Å². The van der Waals surface area contributed by atoms with Gasteiger partial charge in [0.2, 0.25) is 0 Å². The van der Waals surface area contributed by atoms with Gasteiger partial charge in [-0.3, -0.25) is 0 Å². The minimum Gasteiger partial charge on any atom is -0.456 e. The highest BCUT2D eigenvalue weighted by Gasteiger charge is 2.16. The zero-order valence-electron chi connectivity index (χ0n) is 36.8. The van der Waals surface area contributed by atoms with Crippen molar-refractivity contribution < 1.29 is 4.42 Å². The number of rotatable bonds is 6. The Morgan fingerprint density at radius 2 is 0.662 bits per heavy atom. The van der Waals surface area contributed by atoms with Crippen LogP contribution in [0.3, 0.4) is 0 Å². The third-order valence-corrected chi connectivity index (χ3v) is 13.8. The van der Waals surface area contributed by atoms with Crippen LogP contribution in [0.2, 0.25) is 0 Å². The fraction of sp³-hybridized carbons (Fsp3) is 0. The van der Waals surface area contributed by atoms with E-state index in [2.05, 4.69) is 229 Å². The smallest absolute Gasteiger partial charge is 0.160 e. The van der Waals surface area contributed by atoms with Gasteiger partial charge in [-0.05, 0) is 109 Å². The summed E-state index contributed by atoms with van der Waals surface area (Å²) < 4.78 is 8.48. The zero-order chi connectivity index (χ0) is 44.7. The molecular weight excluding hydrogens is 827 g/mol. The summed E-state index contributed by atoms with van der Waals surface area (Å²) in [7, 11) is 0. The highest BCUT2D eigenvalue weighted by atomic mass is 16.3. The first kappa shape index (κ1) is 38.2. The van der Waals surface area contributed by atoms with E-state index in [-0.39, 0.29) is 0 Å². The quantitative estimate of drug-likeness (QED) is 0.156. The molecule has 0 aliphatic carbocycles. The standard InChI is InChI=1S/C64H39N3O/c1-2-13-50-48(11-1)49-12-3-4-14-51(49)56-37-45(31-35-52(50)56)41-23-27-44(28-24-41)64-65-58(42-25-21-40(22-26-42)46-32-36-63-57(38-46)55-17-7-10-20-62(55)68-63)39-59(66-64)43-29-33-47(34-30-43)67-60-18-8-5-15-53(60)54-16-6-9-19-61(54)67/h1-39H. The molecule has 4 nitrogen and oxygen atoms in total. The fourth-order valence-electron chi connectivity index (χ4n) is 10.5. The van der Waals surface area contributed by atoms with Crippen molar-refractivity contribution in [1.82, 2.24) is 14.5 Å². The van der Waals surface area contributed by atoms with E-state index < -0.39 is 0 Å². The average Bonchev–Trinajstić information content (AvgIpc) is 3.96. The number of benzene rings is 11. The van der Waals surface area contributed by atoms with Gasteiger partial charge in [0.05, 0.1) is 22.4 Å². The van der Waals surface area contributed by atoms with Gasteiger partial charge in [0, 0.05) is 43.9 Å². The van der Waals surface area contributed by atoms with Gasteiger partial charge in [-0.2, -0.15) is 0 Å². The number of fused-ring (bicyclic) bond motifs is 12. The van der Waals surface area contributed by atoms with Gasteiger partial charge in [-0.25, -0.2) is 9.97 Å². The van der Waals surface area contributed by atoms with Gasteiger partial charge in [0.1, 0.15) is 11.2 Å². The fourth-order valence-corrected chi connectivity index (χ4v) is 10.5. The molecule has 14 rings (SSSR count). The van der Waals surface area contributed by atoms with E-state index in [4.69, 9.17) is 14.4 Å². The minimum absolute atomic E-state index is 0.674. The Morgan fingerprint density at radius 3 is 1.25 bits per heavy atom. The van der Waals surface area contributed by atoms with Crippen LogP contribution in [0.15, 0.2) is 241 Å². The molecule has 0 atom stereocenters. The summed E-state index contributed by atoms with van der Waals surface area (Å²) in [5.74, 6) is 0.674. The summed E-state index contributed by atoms with van der Waals surface area (Å²) in [5, 5.41) is 12.3. The zero-order valence-corrected chi connectivity index (χ0v) is 36.8. The van der Waals surface area contributed by atoms with E-state index >= 15 is 0 Å². The van der Waals surface area contributed by atoms with Crippen molar-refractivity contribution in [2.75, 3.05) is 0 Å². The van der Waals surface area contributed by atoms with Crippen LogP contribution in [0.1, 0.15) is 0 Å². The molecule has 3 heterocycles. The van der Waals surface area contributed by atoms with Gasteiger partial charge >= 0.3 is 0 Å². The van der Waals surface area contributed by atoms with Crippen molar-refractivity contribution in [3.63, 3.8) is 0 Å². The van der Waals surface area contributed by atoms with E-state index in [1.807, 2.05) is 12.1 Å². The topological polar surface area (TPSA) is 43.9 Å². The molecule has 0 bridgehead atoms. The van der Waals surface area contributed by atoms with E-state index in [0.717, 1.165) is 72.4 Å². The number of hydrogen-bond donors (Lipinski definition) is 0. The Bertz CT molecular complexity index is 4210. The van der Waals surface area contributed by atoms with Crippen LogP contribution in [-0.2, 0) is 0 Å². The average molecular weight is 866 g/mol. The monoisotopic (exact) mass is 865 g/mol. The third-order valence-electron chi connectivity index (χ3n) is 13.8. The van der Waals surface area contributed by atoms with Crippen LogP contribution < -0.4 is 0 Å². The molecule has 4 heteroatoms. The number of hydrogen-bond acceptors (Lipinski definition) is 3. The summed E-state index contributed by atoms with van der Waals surface area (Å²) in [6.07, 6.45) is 0. The summed E-state index contributed by atoms with van der Waals surface area (Å²) in [4.78, 5) is 10.6. The summed E-state index contributed by atoms with van der Waals surface area (Å²) >= 11 is 0. The first-order valence-corrected chi connectivity index (χ1v) is 23.1. The minimum atomic E-state index is 0.674. The molecule has 0 amide bonds. The molecule has 0 saturated carbocycles. The van der Waals surface area contributed by atoms with Gasteiger partial charge in [0.15, 0.2) is 5.82 Å². The maximum atomic E-state index is 6.13. The Kier molecular flexibility index (Phi) is 8.55. The Hall–Kier alpha value is -9.12. The van der Waals surface area contributed by atoms with Crippen LogP contribution in [0.5, 0.6) is 0 Å². The highest BCUT2D eigenvalue weighted by Crippen LogP contribution is 2.39. The van der Waals surface area contributed by atoms with E-state index in [1.165, 1.54) is 59.7 Å². The summed E-state index contributed by atoms with van der Waals surface area (Å²) in [6, 6.07) is 84.6. The van der Waals surface area contributed by atoms with Crippen molar-refractivity contribution >= 4 is 76.1 Å². The summed E-state index contributed by atoms with van der Waals surface area (Å²) in [5.41, 5.74) is 14.5. The normalized spacial score (nSPS) is 11.8. The van der Waals surface area contributed by atoms with Crippen LogP contribution in [0.25, 0.3) is 138 Å². The molecule has 3 aromatic heterocycles. The number of aromatic nitrogens is 3. The van der Waals surface area contributed by atoms with Crippen molar-refractivity contribution in [3.8, 4) is 61.8 Å². The molecule has 0 aliphatic heterocycles. The lowest BCUT2D eigenvalue weighted by molar-refractivity contribution is 0.669. The second-order valence-electron chi connectivity index (χ2n) is 17.7. The van der Waals surface area contributed by atoms with Crippen LogP contribution in [0, 0.1) is 0 Å². The predicted molar refractivity (Wildman–Crippen MR) is 283 cm³/mol. The Labute approximate surface area is 391 Å². The molecule has 0 fully saturated rings. The van der Waals surface area contributed by atoms with Crippen molar-refractivity contribution in [3.05, 3.63) is 237 Å². The first-order chi connectivity index (χ1) is 33.7.